The number of halogens is 2. The summed E-state index contributed by atoms with van der Waals surface area (Å²) in [6.07, 6.45) is 0.139. The lowest BCUT2D eigenvalue weighted by Gasteiger charge is -2.26. The number of hydrogen-bond acceptors (Lipinski definition) is 3. The predicted octanol–water partition coefficient (Wildman–Crippen LogP) is 6.30. The molecule has 7 heteroatoms. The van der Waals surface area contributed by atoms with Crippen molar-refractivity contribution in [3.63, 3.8) is 0 Å². The van der Waals surface area contributed by atoms with Crippen molar-refractivity contribution in [2.24, 2.45) is 0 Å². The van der Waals surface area contributed by atoms with Gasteiger partial charge in [0.2, 0.25) is 5.91 Å². The summed E-state index contributed by atoms with van der Waals surface area (Å²) in [6, 6.07) is 22.8. The maximum Gasteiger partial charge on any atom is 0.326 e. The molecule has 0 fully saturated rings. The first-order valence-electron chi connectivity index (χ1n) is 11.1. The van der Waals surface area contributed by atoms with Gasteiger partial charge in [-0.15, -0.1) is 0 Å². The molecular formula is C28H24Cl2N2O3. The quantitative estimate of drug-likeness (QED) is 0.308. The molecule has 4 rings (SSSR count). The number of carboxylic acid groups (broad SMARTS) is 1. The van der Waals surface area contributed by atoms with E-state index in [2.05, 4.69) is 10.3 Å². The summed E-state index contributed by atoms with van der Waals surface area (Å²) in [5.41, 5.74) is 2.75. The SMILES string of the molecule is CC(C)(C(=O)N[C@H](Cc1ccc2nc(-c3c(Cl)cccc3Cl)ccc2c1)C(=O)O)c1ccccc1. The van der Waals surface area contributed by atoms with Gasteiger partial charge in [0.1, 0.15) is 6.04 Å². The lowest BCUT2D eigenvalue weighted by molar-refractivity contribution is -0.142. The first-order chi connectivity index (χ1) is 16.7. The standard InChI is InChI=1S/C28H24Cl2N2O3/c1-28(2,19-7-4-3-5-8-19)27(35)32-24(26(33)34)16-17-11-13-22-18(15-17)12-14-23(31-22)25-20(29)9-6-10-21(25)30/h3-15,24H,16H2,1-2H3,(H,32,35)(H,33,34)/t24-/m1/s1. The summed E-state index contributed by atoms with van der Waals surface area (Å²) in [4.78, 5) is 29.7. The van der Waals surface area contributed by atoms with Crippen LogP contribution in [0.5, 0.6) is 0 Å². The van der Waals surface area contributed by atoms with Gasteiger partial charge < -0.3 is 10.4 Å². The van der Waals surface area contributed by atoms with Gasteiger partial charge in [0.25, 0.3) is 0 Å². The molecule has 1 heterocycles. The third-order valence-electron chi connectivity index (χ3n) is 6.08. The van der Waals surface area contributed by atoms with E-state index in [4.69, 9.17) is 23.2 Å². The zero-order chi connectivity index (χ0) is 25.2. The lowest BCUT2D eigenvalue weighted by Crippen LogP contribution is -2.49. The Morgan fingerprint density at radius 1 is 0.943 bits per heavy atom. The fourth-order valence-corrected chi connectivity index (χ4v) is 4.54. The zero-order valence-electron chi connectivity index (χ0n) is 19.3. The van der Waals surface area contributed by atoms with Crippen LogP contribution in [0, 0.1) is 0 Å². The first-order valence-corrected chi connectivity index (χ1v) is 11.9. The highest BCUT2D eigenvalue weighted by Crippen LogP contribution is 2.34. The molecule has 0 bridgehead atoms. The second-order valence-electron chi connectivity index (χ2n) is 8.88. The zero-order valence-corrected chi connectivity index (χ0v) is 20.8. The highest BCUT2D eigenvalue weighted by molar-refractivity contribution is 6.39. The Morgan fingerprint density at radius 2 is 1.63 bits per heavy atom. The number of aliphatic carboxylic acids is 1. The van der Waals surface area contributed by atoms with Crippen molar-refractivity contribution < 1.29 is 14.7 Å². The molecule has 1 atom stereocenters. The van der Waals surface area contributed by atoms with Crippen LogP contribution in [0.3, 0.4) is 0 Å². The minimum Gasteiger partial charge on any atom is -0.480 e. The number of carbonyl (C=O) groups is 2. The molecule has 0 spiro atoms. The molecule has 4 aromatic rings. The van der Waals surface area contributed by atoms with Crippen LogP contribution in [0.15, 0.2) is 78.9 Å². The van der Waals surface area contributed by atoms with Crippen LogP contribution in [0.2, 0.25) is 10.0 Å². The largest absolute Gasteiger partial charge is 0.480 e. The monoisotopic (exact) mass is 506 g/mol. The van der Waals surface area contributed by atoms with Gasteiger partial charge in [0.15, 0.2) is 0 Å². The third-order valence-corrected chi connectivity index (χ3v) is 6.71. The van der Waals surface area contributed by atoms with Crippen molar-refractivity contribution in [3.05, 3.63) is 100 Å². The molecule has 0 saturated heterocycles. The smallest absolute Gasteiger partial charge is 0.326 e. The summed E-state index contributed by atoms with van der Waals surface area (Å²) in [5.74, 6) is -1.44. The Balaban J connectivity index is 1.56. The molecular weight excluding hydrogens is 483 g/mol. The maximum atomic E-state index is 13.0. The minimum atomic E-state index is -1.09. The molecule has 1 amide bonds. The number of hydrogen-bond donors (Lipinski definition) is 2. The number of fused-ring (bicyclic) bond motifs is 1. The average Bonchev–Trinajstić information content (AvgIpc) is 2.84. The summed E-state index contributed by atoms with van der Waals surface area (Å²) < 4.78 is 0. The molecule has 178 valence electrons. The molecule has 0 aliphatic carbocycles. The Kier molecular flexibility index (Phi) is 7.10. The molecule has 5 nitrogen and oxygen atoms in total. The van der Waals surface area contributed by atoms with Crippen LogP contribution in [-0.2, 0) is 21.4 Å². The fourth-order valence-electron chi connectivity index (χ4n) is 3.94. The van der Waals surface area contributed by atoms with E-state index >= 15 is 0 Å². The van der Waals surface area contributed by atoms with Gasteiger partial charge in [0, 0.05) is 17.4 Å². The van der Waals surface area contributed by atoms with Crippen LogP contribution >= 0.6 is 23.2 Å². The first kappa shape index (κ1) is 24.7. The van der Waals surface area contributed by atoms with E-state index < -0.39 is 17.4 Å². The number of rotatable bonds is 7. The summed E-state index contributed by atoms with van der Waals surface area (Å²) >= 11 is 12.7. The van der Waals surface area contributed by atoms with Crippen molar-refractivity contribution in [2.45, 2.75) is 31.7 Å². The number of nitrogens with one attached hydrogen (secondary N) is 1. The Bertz CT molecular complexity index is 1380. The van der Waals surface area contributed by atoms with Gasteiger partial charge in [-0.1, -0.05) is 71.7 Å². The van der Waals surface area contributed by atoms with Gasteiger partial charge in [-0.2, -0.15) is 0 Å². The van der Waals surface area contributed by atoms with E-state index in [9.17, 15) is 14.7 Å². The van der Waals surface area contributed by atoms with Crippen molar-refractivity contribution in [1.82, 2.24) is 10.3 Å². The van der Waals surface area contributed by atoms with Gasteiger partial charge in [-0.25, -0.2) is 9.78 Å². The van der Waals surface area contributed by atoms with Crippen molar-refractivity contribution in [2.75, 3.05) is 0 Å². The number of nitrogens with zero attached hydrogens (tertiary/aromatic N) is 1. The highest BCUT2D eigenvalue weighted by atomic mass is 35.5. The van der Waals surface area contributed by atoms with E-state index in [1.165, 1.54) is 0 Å². The number of carboxylic acids is 1. The van der Waals surface area contributed by atoms with E-state index in [-0.39, 0.29) is 12.3 Å². The number of pyridine rings is 1. The summed E-state index contributed by atoms with van der Waals surface area (Å²) in [6.45, 7) is 3.56. The van der Waals surface area contributed by atoms with Crippen LogP contribution < -0.4 is 5.32 Å². The van der Waals surface area contributed by atoms with Gasteiger partial charge in [-0.05, 0) is 55.3 Å². The van der Waals surface area contributed by atoms with E-state index in [1.54, 1.807) is 32.0 Å². The molecule has 3 aromatic carbocycles. The normalized spacial score (nSPS) is 12.3. The number of amides is 1. The van der Waals surface area contributed by atoms with Crippen molar-refractivity contribution in [3.8, 4) is 11.3 Å². The third kappa shape index (κ3) is 5.31. The van der Waals surface area contributed by atoms with Crippen molar-refractivity contribution in [1.29, 1.82) is 0 Å². The van der Waals surface area contributed by atoms with Crippen LogP contribution in [-0.4, -0.2) is 28.0 Å². The Labute approximate surface area is 213 Å². The van der Waals surface area contributed by atoms with E-state index in [0.717, 1.165) is 22.0 Å². The van der Waals surface area contributed by atoms with E-state index in [1.807, 2.05) is 60.7 Å². The molecule has 0 saturated carbocycles. The van der Waals surface area contributed by atoms with Crippen LogP contribution in [0.25, 0.3) is 22.2 Å². The van der Waals surface area contributed by atoms with Gasteiger partial charge in [0.05, 0.1) is 26.7 Å². The summed E-state index contributed by atoms with van der Waals surface area (Å²) in [5, 5.41) is 14.4. The fraction of sp³-hybridized carbons (Fsp3) is 0.179. The molecule has 0 unspecified atom stereocenters. The minimum absolute atomic E-state index is 0.139. The lowest BCUT2D eigenvalue weighted by atomic mass is 9.83. The van der Waals surface area contributed by atoms with E-state index in [0.29, 0.717) is 21.3 Å². The number of carbonyl (C=O) groups excluding carboxylic acids is 1. The summed E-state index contributed by atoms with van der Waals surface area (Å²) in [7, 11) is 0. The predicted molar refractivity (Wildman–Crippen MR) is 140 cm³/mol. The van der Waals surface area contributed by atoms with Crippen LogP contribution in [0.4, 0.5) is 0 Å². The molecule has 35 heavy (non-hydrogen) atoms. The Morgan fingerprint density at radius 3 is 2.29 bits per heavy atom. The maximum absolute atomic E-state index is 13.0. The van der Waals surface area contributed by atoms with Gasteiger partial charge >= 0.3 is 5.97 Å². The molecule has 0 radical (unpaired) electrons. The molecule has 0 aliphatic rings. The highest BCUT2D eigenvalue weighted by Gasteiger charge is 2.33. The van der Waals surface area contributed by atoms with Gasteiger partial charge in [-0.3, -0.25) is 4.79 Å². The molecule has 0 aliphatic heterocycles. The van der Waals surface area contributed by atoms with Crippen LogP contribution in [0.1, 0.15) is 25.0 Å². The number of aromatic nitrogens is 1. The van der Waals surface area contributed by atoms with Crippen molar-refractivity contribution >= 4 is 46.0 Å². The topological polar surface area (TPSA) is 79.3 Å². The second-order valence-corrected chi connectivity index (χ2v) is 9.69. The average molecular weight is 507 g/mol. The Hall–Kier alpha value is -3.41. The second kappa shape index (κ2) is 10.1. The number of benzene rings is 3. The molecule has 2 N–H and O–H groups in total. The molecule has 1 aromatic heterocycles.